The SMILES string of the molecule is CSC(C)CNC(=O)c1cc(F)ccc1C#CCCO. The standard InChI is InChI=1S/C15H18FNO2S/c1-11(20-2)10-17-15(19)14-9-13(16)7-6-12(14)5-3-4-8-18/h6-7,9,11,18H,4,8,10H2,1-2H3,(H,17,19). The number of carbonyl (C=O) groups is 1. The number of nitrogens with one attached hydrogen (secondary N) is 1. The van der Waals surface area contributed by atoms with Crippen LogP contribution in [0.1, 0.15) is 29.3 Å². The van der Waals surface area contributed by atoms with Crippen LogP contribution in [0.5, 0.6) is 0 Å². The zero-order valence-corrected chi connectivity index (χ0v) is 12.4. The van der Waals surface area contributed by atoms with Crippen LogP contribution in [0.2, 0.25) is 0 Å². The zero-order chi connectivity index (χ0) is 15.0. The smallest absolute Gasteiger partial charge is 0.252 e. The number of thioether (sulfide) groups is 1. The Morgan fingerprint density at radius 3 is 2.95 bits per heavy atom. The molecule has 0 heterocycles. The lowest BCUT2D eigenvalue weighted by Gasteiger charge is -2.11. The van der Waals surface area contributed by atoms with E-state index in [1.807, 2.05) is 13.2 Å². The van der Waals surface area contributed by atoms with Gasteiger partial charge in [0.05, 0.1) is 12.2 Å². The van der Waals surface area contributed by atoms with Crippen molar-refractivity contribution in [3.05, 3.63) is 35.1 Å². The summed E-state index contributed by atoms with van der Waals surface area (Å²) in [5, 5.41) is 11.7. The molecule has 3 nitrogen and oxygen atoms in total. The molecular weight excluding hydrogens is 277 g/mol. The van der Waals surface area contributed by atoms with Crippen molar-refractivity contribution in [1.29, 1.82) is 0 Å². The molecule has 0 aromatic heterocycles. The van der Waals surface area contributed by atoms with E-state index in [0.29, 0.717) is 18.5 Å². The van der Waals surface area contributed by atoms with E-state index in [0.717, 1.165) is 0 Å². The summed E-state index contributed by atoms with van der Waals surface area (Å²) in [6.07, 6.45) is 2.28. The molecule has 0 spiro atoms. The lowest BCUT2D eigenvalue weighted by molar-refractivity contribution is 0.0953. The third-order valence-corrected chi connectivity index (χ3v) is 3.61. The van der Waals surface area contributed by atoms with Crippen molar-refractivity contribution in [3.8, 4) is 11.8 Å². The lowest BCUT2D eigenvalue weighted by Crippen LogP contribution is -2.30. The van der Waals surface area contributed by atoms with Crippen molar-refractivity contribution < 1.29 is 14.3 Å². The molecule has 1 rings (SSSR count). The van der Waals surface area contributed by atoms with Gasteiger partial charge in [0, 0.05) is 23.8 Å². The normalized spacial score (nSPS) is 11.4. The highest BCUT2D eigenvalue weighted by molar-refractivity contribution is 7.99. The first kappa shape index (κ1) is 16.5. The highest BCUT2D eigenvalue weighted by Crippen LogP contribution is 2.11. The molecule has 0 aliphatic heterocycles. The maximum Gasteiger partial charge on any atom is 0.252 e. The van der Waals surface area contributed by atoms with Gasteiger partial charge in [0.15, 0.2) is 0 Å². The maximum absolute atomic E-state index is 13.3. The molecule has 1 atom stereocenters. The zero-order valence-electron chi connectivity index (χ0n) is 11.6. The Balaban J connectivity index is 2.89. The molecule has 1 amide bonds. The number of benzene rings is 1. The fourth-order valence-electron chi connectivity index (χ4n) is 1.44. The first-order valence-electron chi connectivity index (χ1n) is 6.28. The second kappa shape index (κ2) is 8.62. The third-order valence-electron chi connectivity index (χ3n) is 2.64. The Kier molecular flexibility index (Phi) is 7.13. The highest BCUT2D eigenvalue weighted by Gasteiger charge is 2.12. The van der Waals surface area contributed by atoms with Gasteiger partial charge in [-0.05, 0) is 24.5 Å². The molecular formula is C15H18FNO2S. The molecule has 20 heavy (non-hydrogen) atoms. The molecule has 0 fully saturated rings. The van der Waals surface area contributed by atoms with Gasteiger partial charge in [-0.3, -0.25) is 4.79 Å². The summed E-state index contributed by atoms with van der Waals surface area (Å²) < 4.78 is 13.3. The monoisotopic (exact) mass is 295 g/mol. The Labute approximate surface area is 123 Å². The molecule has 1 aromatic rings. The molecule has 1 aromatic carbocycles. The van der Waals surface area contributed by atoms with Crippen LogP contribution in [-0.2, 0) is 0 Å². The predicted octanol–water partition coefficient (Wildman–Crippen LogP) is 2.04. The number of aliphatic hydroxyl groups is 1. The van der Waals surface area contributed by atoms with E-state index < -0.39 is 5.82 Å². The van der Waals surface area contributed by atoms with E-state index in [2.05, 4.69) is 17.2 Å². The molecule has 0 bridgehead atoms. The number of hydrogen-bond donors (Lipinski definition) is 2. The van der Waals surface area contributed by atoms with E-state index in [9.17, 15) is 9.18 Å². The molecule has 0 aliphatic carbocycles. The van der Waals surface area contributed by atoms with E-state index in [-0.39, 0.29) is 23.3 Å². The number of aliphatic hydroxyl groups excluding tert-OH is 1. The minimum Gasteiger partial charge on any atom is -0.395 e. The number of rotatable bonds is 5. The molecule has 0 saturated heterocycles. The fourth-order valence-corrected chi connectivity index (χ4v) is 1.69. The van der Waals surface area contributed by atoms with Crippen LogP contribution < -0.4 is 5.32 Å². The maximum atomic E-state index is 13.3. The topological polar surface area (TPSA) is 49.3 Å². The Morgan fingerprint density at radius 1 is 1.55 bits per heavy atom. The van der Waals surface area contributed by atoms with Gasteiger partial charge < -0.3 is 10.4 Å². The van der Waals surface area contributed by atoms with Crippen LogP contribution in [-0.4, -0.2) is 35.7 Å². The van der Waals surface area contributed by atoms with Crippen molar-refractivity contribution in [1.82, 2.24) is 5.32 Å². The second-order valence-electron chi connectivity index (χ2n) is 4.22. The summed E-state index contributed by atoms with van der Waals surface area (Å²) in [6.45, 7) is 2.47. The Bertz CT molecular complexity index is 522. The van der Waals surface area contributed by atoms with Crippen molar-refractivity contribution in [2.24, 2.45) is 0 Å². The average Bonchev–Trinajstić information content (AvgIpc) is 2.46. The molecule has 0 radical (unpaired) electrons. The molecule has 5 heteroatoms. The number of carbonyl (C=O) groups excluding carboxylic acids is 1. The Hall–Kier alpha value is -1.51. The van der Waals surface area contributed by atoms with Gasteiger partial charge in [-0.15, -0.1) is 0 Å². The number of amides is 1. The van der Waals surface area contributed by atoms with Crippen molar-refractivity contribution in [2.45, 2.75) is 18.6 Å². The molecule has 0 saturated carbocycles. The average molecular weight is 295 g/mol. The Morgan fingerprint density at radius 2 is 2.30 bits per heavy atom. The van der Waals surface area contributed by atoms with Crippen LogP contribution in [0.4, 0.5) is 4.39 Å². The van der Waals surface area contributed by atoms with Crippen LogP contribution in [0.3, 0.4) is 0 Å². The lowest BCUT2D eigenvalue weighted by atomic mass is 10.1. The van der Waals surface area contributed by atoms with Gasteiger partial charge >= 0.3 is 0 Å². The van der Waals surface area contributed by atoms with Crippen molar-refractivity contribution >= 4 is 17.7 Å². The first-order valence-corrected chi connectivity index (χ1v) is 7.57. The number of halogens is 1. The second-order valence-corrected chi connectivity index (χ2v) is 5.50. The van der Waals surface area contributed by atoms with Gasteiger partial charge in [-0.2, -0.15) is 11.8 Å². The van der Waals surface area contributed by atoms with Crippen LogP contribution in [0, 0.1) is 17.7 Å². The molecule has 2 N–H and O–H groups in total. The highest BCUT2D eigenvalue weighted by atomic mass is 32.2. The van der Waals surface area contributed by atoms with Crippen molar-refractivity contribution in [2.75, 3.05) is 19.4 Å². The van der Waals surface area contributed by atoms with Gasteiger partial charge in [-0.25, -0.2) is 4.39 Å². The number of hydrogen-bond acceptors (Lipinski definition) is 3. The van der Waals surface area contributed by atoms with E-state index in [1.54, 1.807) is 11.8 Å². The summed E-state index contributed by atoms with van der Waals surface area (Å²) in [5.74, 6) is 4.71. The van der Waals surface area contributed by atoms with Crippen LogP contribution in [0.25, 0.3) is 0 Å². The minimum absolute atomic E-state index is 0.0407. The summed E-state index contributed by atoms with van der Waals surface area (Å²) in [7, 11) is 0. The fraction of sp³-hybridized carbons (Fsp3) is 0.400. The summed E-state index contributed by atoms with van der Waals surface area (Å²) in [4.78, 5) is 12.1. The van der Waals surface area contributed by atoms with Crippen LogP contribution in [0.15, 0.2) is 18.2 Å². The van der Waals surface area contributed by atoms with E-state index in [1.165, 1.54) is 18.2 Å². The van der Waals surface area contributed by atoms with E-state index >= 15 is 0 Å². The van der Waals surface area contributed by atoms with Gasteiger partial charge in [0.1, 0.15) is 5.82 Å². The molecule has 108 valence electrons. The predicted molar refractivity (Wildman–Crippen MR) is 80.3 cm³/mol. The summed E-state index contributed by atoms with van der Waals surface area (Å²) >= 11 is 1.64. The van der Waals surface area contributed by atoms with Crippen LogP contribution >= 0.6 is 11.8 Å². The van der Waals surface area contributed by atoms with Crippen molar-refractivity contribution in [3.63, 3.8) is 0 Å². The molecule has 0 aliphatic rings. The third kappa shape index (κ3) is 5.24. The van der Waals surface area contributed by atoms with Gasteiger partial charge in [-0.1, -0.05) is 18.8 Å². The first-order chi connectivity index (χ1) is 9.58. The summed E-state index contributed by atoms with van der Waals surface area (Å²) in [5.41, 5.74) is 0.692. The summed E-state index contributed by atoms with van der Waals surface area (Å²) in [6, 6.07) is 3.93. The largest absolute Gasteiger partial charge is 0.395 e. The minimum atomic E-state index is -0.472. The quantitative estimate of drug-likeness (QED) is 0.817. The van der Waals surface area contributed by atoms with Gasteiger partial charge in [0.2, 0.25) is 0 Å². The van der Waals surface area contributed by atoms with Gasteiger partial charge in [0.25, 0.3) is 5.91 Å². The molecule has 1 unspecified atom stereocenters. The van der Waals surface area contributed by atoms with E-state index in [4.69, 9.17) is 5.11 Å².